The largest absolute Gasteiger partial charge is 0.486 e. The Hall–Kier alpha value is -3.27. The van der Waals surface area contributed by atoms with Crippen LogP contribution in [0.15, 0.2) is 77.9 Å². The summed E-state index contributed by atoms with van der Waals surface area (Å²) in [5.74, 6) is 1.83. The first kappa shape index (κ1) is 16.9. The number of hydrazone groups is 1. The number of ether oxygens (including phenoxy) is 1. The van der Waals surface area contributed by atoms with Gasteiger partial charge in [0.2, 0.25) is 0 Å². The molecular weight excluding hydrogens is 346 g/mol. The minimum absolute atomic E-state index is 0.269. The zero-order valence-electron chi connectivity index (χ0n) is 16.4. The highest BCUT2D eigenvalue weighted by Crippen LogP contribution is 2.42. The van der Waals surface area contributed by atoms with Gasteiger partial charge in [0, 0.05) is 11.1 Å². The molecule has 0 unspecified atom stereocenters. The first-order valence-corrected chi connectivity index (χ1v) is 9.62. The van der Waals surface area contributed by atoms with E-state index in [1.54, 1.807) is 0 Å². The molecule has 5 rings (SSSR count). The second-order valence-electron chi connectivity index (χ2n) is 8.14. The van der Waals surface area contributed by atoms with Gasteiger partial charge in [-0.25, -0.2) is 5.01 Å². The Morgan fingerprint density at radius 1 is 0.750 bits per heavy atom. The molecule has 2 aliphatic heterocycles. The molecule has 0 bridgehead atoms. The number of amidine groups is 1. The third kappa shape index (κ3) is 2.73. The van der Waals surface area contributed by atoms with Crippen LogP contribution in [0, 0.1) is 0 Å². The van der Waals surface area contributed by atoms with Gasteiger partial charge in [-0.05, 0) is 44.5 Å². The average Bonchev–Trinajstić information content (AvgIpc) is 3.13. The maximum Gasteiger partial charge on any atom is 0.163 e. The quantitative estimate of drug-likeness (QED) is 0.598. The van der Waals surface area contributed by atoms with Crippen molar-refractivity contribution in [2.45, 2.75) is 26.4 Å². The number of fused-ring (bicyclic) bond motifs is 6. The van der Waals surface area contributed by atoms with Crippen LogP contribution in [0.2, 0.25) is 0 Å². The molecule has 0 saturated carbocycles. The van der Waals surface area contributed by atoms with Gasteiger partial charge in [-0.1, -0.05) is 54.6 Å². The lowest BCUT2D eigenvalue weighted by Gasteiger charge is -2.30. The van der Waals surface area contributed by atoms with Crippen LogP contribution in [-0.2, 0) is 0 Å². The predicted molar refractivity (Wildman–Crippen MR) is 115 cm³/mol. The van der Waals surface area contributed by atoms with Gasteiger partial charge in [-0.15, -0.1) is 0 Å². The normalized spacial score (nSPS) is 14.9. The highest BCUT2D eigenvalue weighted by atomic mass is 16.5. The van der Waals surface area contributed by atoms with Gasteiger partial charge in [0.05, 0.1) is 5.69 Å². The second-order valence-corrected chi connectivity index (χ2v) is 8.14. The number of rotatable bonds is 2. The van der Waals surface area contributed by atoms with Crippen LogP contribution >= 0.6 is 0 Å². The van der Waals surface area contributed by atoms with Crippen molar-refractivity contribution in [1.82, 2.24) is 0 Å². The van der Waals surface area contributed by atoms with E-state index in [9.17, 15) is 0 Å². The van der Waals surface area contributed by atoms with E-state index in [-0.39, 0.29) is 5.60 Å². The summed E-state index contributed by atoms with van der Waals surface area (Å²) in [5, 5.41) is 7.04. The van der Waals surface area contributed by atoms with Crippen molar-refractivity contribution in [3.8, 4) is 16.9 Å². The summed E-state index contributed by atoms with van der Waals surface area (Å²) in [6.07, 6.45) is 0. The van der Waals surface area contributed by atoms with Crippen LogP contribution in [0.5, 0.6) is 5.75 Å². The summed E-state index contributed by atoms with van der Waals surface area (Å²) in [4.78, 5) is 2.28. The van der Waals surface area contributed by atoms with Crippen molar-refractivity contribution in [2.24, 2.45) is 5.10 Å². The molecule has 0 spiro atoms. The van der Waals surface area contributed by atoms with Gasteiger partial charge in [-0.2, -0.15) is 5.10 Å². The monoisotopic (exact) mass is 369 g/mol. The molecule has 0 amide bonds. The summed E-state index contributed by atoms with van der Waals surface area (Å²) < 4.78 is 6.21. The molecular formula is C24H23N3O. The van der Waals surface area contributed by atoms with Gasteiger partial charge in [0.1, 0.15) is 23.7 Å². The fourth-order valence-corrected chi connectivity index (χ4v) is 3.86. The fraction of sp³-hybridized carbons (Fsp3) is 0.208. The molecule has 0 N–H and O–H groups in total. The lowest BCUT2D eigenvalue weighted by molar-refractivity contribution is 0.131. The number of benzene rings is 3. The number of para-hydroxylation sites is 3. The molecule has 0 atom stereocenters. The number of hydrogen-bond donors (Lipinski definition) is 0. The van der Waals surface area contributed by atoms with Crippen LogP contribution in [0.4, 0.5) is 11.4 Å². The minimum atomic E-state index is -0.269. The van der Waals surface area contributed by atoms with Gasteiger partial charge in [-0.3, -0.25) is 0 Å². The van der Waals surface area contributed by atoms with Crippen molar-refractivity contribution in [1.29, 1.82) is 0 Å². The Balaban J connectivity index is 1.62. The molecule has 0 saturated heterocycles. The van der Waals surface area contributed by atoms with E-state index in [4.69, 9.17) is 9.84 Å². The Bertz CT molecular complexity index is 1080. The SMILES string of the molecule is CC(C)(C)Oc1ccccc1N1CN2C(=N1)c1ccccc1-c1ccccc12. The average molecular weight is 369 g/mol. The van der Waals surface area contributed by atoms with Gasteiger partial charge >= 0.3 is 0 Å². The summed E-state index contributed by atoms with van der Waals surface area (Å²) >= 11 is 0. The zero-order valence-corrected chi connectivity index (χ0v) is 16.4. The fourth-order valence-electron chi connectivity index (χ4n) is 3.86. The van der Waals surface area contributed by atoms with Gasteiger partial charge < -0.3 is 9.64 Å². The van der Waals surface area contributed by atoms with Crippen LogP contribution in [0.25, 0.3) is 11.1 Å². The molecule has 4 nitrogen and oxygen atoms in total. The molecule has 28 heavy (non-hydrogen) atoms. The van der Waals surface area contributed by atoms with E-state index in [2.05, 4.69) is 80.3 Å². The number of anilines is 2. The summed E-state index contributed by atoms with van der Waals surface area (Å²) in [7, 11) is 0. The van der Waals surface area contributed by atoms with E-state index in [1.165, 1.54) is 16.8 Å². The Morgan fingerprint density at radius 2 is 1.36 bits per heavy atom. The van der Waals surface area contributed by atoms with Crippen LogP contribution in [0.1, 0.15) is 26.3 Å². The maximum atomic E-state index is 6.21. The summed E-state index contributed by atoms with van der Waals surface area (Å²) in [6, 6.07) is 25.1. The Kier molecular flexibility index (Phi) is 3.69. The molecule has 2 heterocycles. The number of nitrogens with zero attached hydrogens (tertiary/aromatic N) is 3. The maximum absolute atomic E-state index is 6.21. The molecule has 140 valence electrons. The van der Waals surface area contributed by atoms with Gasteiger partial charge in [0.15, 0.2) is 5.84 Å². The molecule has 0 aliphatic carbocycles. The van der Waals surface area contributed by atoms with Crippen molar-refractivity contribution in [2.75, 3.05) is 16.6 Å². The Morgan fingerprint density at radius 3 is 2.11 bits per heavy atom. The van der Waals surface area contributed by atoms with Crippen molar-refractivity contribution >= 4 is 17.2 Å². The highest BCUT2D eigenvalue weighted by molar-refractivity contribution is 6.20. The molecule has 2 aliphatic rings. The predicted octanol–water partition coefficient (Wildman–Crippen LogP) is 5.49. The van der Waals surface area contributed by atoms with E-state index in [0.717, 1.165) is 22.8 Å². The van der Waals surface area contributed by atoms with E-state index < -0.39 is 0 Å². The number of hydrogen-bond acceptors (Lipinski definition) is 4. The third-order valence-corrected chi connectivity index (χ3v) is 4.96. The van der Waals surface area contributed by atoms with Crippen LogP contribution in [-0.4, -0.2) is 18.1 Å². The van der Waals surface area contributed by atoms with Crippen LogP contribution in [0.3, 0.4) is 0 Å². The van der Waals surface area contributed by atoms with E-state index >= 15 is 0 Å². The molecule has 0 radical (unpaired) electrons. The molecule has 3 aromatic rings. The minimum Gasteiger partial charge on any atom is -0.486 e. The topological polar surface area (TPSA) is 28.1 Å². The zero-order chi connectivity index (χ0) is 19.3. The lowest BCUT2D eigenvalue weighted by Crippen LogP contribution is -2.34. The standard InChI is InChI=1S/C24H23N3O/c1-24(2,3)28-22-15-9-8-14-21(22)27-16-26-20-13-7-6-11-18(20)17-10-4-5-12-19(17)23(26)25-27/h4-15H,16H2,1-3H3. The molecule has 3 aromatic carbocycles. The summed E-state index contributed by atoms with van der Waals surface area (Å²) in [6.45, 7) is 6.85. The van der Waals surface area contributed by atoms with E-state index in [0.29, 0.717) is 6.67 Å². The van der Waals surface area contributed by atoms with Crippen molar-refractivity contribution in [3.63, 3.8) is 0 Å². The second kappa shape index (κ2) is 6.13. The Labute approximate surface area is 165 Å². The van der Waals surface area contributed by atoms with Crippen LogP contribution < -0.4 is 14.6 Å². The highest BCUT2D eigenvalue weighted by Gasteiger charge is 2.34. The first-order valence-electron chi connectivity index (χ1n) is 9.62. The smallest absolute Gasteiger partial charge is 0.163 e. The molecule has 4 heteroatoms. The van der Waals surface area contributed by atoms with E-state index in [1.807, 2.05) is 23.2 Å². The first-order chi connectivity index (χ1) is 13.5. The molecule has 0 fully saturated rings. The third-order valence-electron chi connectivity index (χ3n) is 4.96. The molecule has 0 aromatic heterocycles. The lowest BCUT2D eigenvalue weighted by atomic mass is 9.93. The van der Waals surface area contributed by atoms with Crippen molar-refractivity contribution in [3.05, 3.63) is 78.4 Å². The summed E-state index contributed by atoms with van der Waals surface area (Å²) in [5.41, 5.74) is 5.55. The van der Waals surface area contributed by atoms with Gasteiger partial charge in [0.25, 0.3) is 0 Å². The van der Waals surface area contributed by atoms with Crippen molar-refractivity contribution < 1.29 is 4.74 Å².